The van der Waals surface area contributed by atoms with Gasteiger partial charge in [-0.1, -0.05) is 0 Å². The Kier molecular flexibility index (Phi) is 9.13. The fraction of sp³-hybridized carbons (Fsp3) is 0.600. The molecule has 0 aliphatic rings. The van der Waals surface area contributed by atoms with Crippen LogP contribution in [-0.4, -0.2) is 51.3 Å². The standard InChI is InChI=1S/C3H8NO5P.C2H5NO2/c5-3(6)1-4-2-10(7,8)9;3-1-2(4)5/h4H,1-2H2,(H,5,6)(H2,7,8,9);1,3H2,(H,4,5)/i;1+2. The number of nitrogens with two attached hydrogens (primary N) is 1. The van der Waals surface area contributed by atoms with Crippen molar-refractivity contribution in [3.63, 3.8) is 0 Å². The lowest BCUT2D eigenvalue weighted by Gasteiger charge is -2.02. The van der Waals surface area contributed by atoms with Gasteiger partial charge in [0.15, 0.2) is 0 Å². The molecule has 0 heterocycles. The first-order valence-electron chi connectivity index (χ1n) is 3.58. The first-order valence-corrected chi connectivity index (χ1v) is 5.37. The Morgan fingerprint density at radius 2 is 1.73 bits per heavy atom. The van der Waals surface area contributed by atoms with Crippen molar-refractivity contribution >= 4 is 19.5 Å². The summed E-state index contributed by atoms with van der Waals surface area (Å²) in [7, 11) is -4.10. The Bertz CT molecular complexity index is 250. The van der Waals surface area contributed by atoms with Crippen molar-refractivity contribution < 1.29 is 34.2 Å². The van der Waals surface area contributed by atoms with Gasteiger partial charge < -0.3 is 25.7 Å². The summed E-state index contributed by atoms with van der Waals surface area (Å²) in [6, 6.07) is 0. The smallest absolute Gasteiger partial charge is 0.339 e. The molecule has 9 nitrogen and oxygen atoms in total. The number of hydrogen-bond acceptors (Lipinski definition) is 5. The van der Waals surface area contributed by atoms with Crippen LogP contribution in [0.15, 0.2) is 0 Å². The molecule has 10 heteroatoms. The summed E-state index contributed by atoms with van der Waals surface area (Å²) >= 11 is 0. The van der Waals surface area contributed by atoms with Crippen LogP contribution < -0.4 is 11.1 Å². The van der Waals surface area contributed by atoms with Crippen LogP contribution in [0, 0.1) is 0 Å². The van der Waals surface area contributed by atoms with E-state index >= 15 is 0 Å². The summed E-state index contributed by atoms with van der Waals surface area (Å²) < 4.78 is 10.1. The number of carboxylic acids is 2. The van der Waals surface area contributed by atoms with Crippen LogP contribution in [0.3, 0.4) is 0 Å². The Morgan fingerprint density at radius 1 is 1.33 bits per heavy atom. The number of hydrogen-bond donors (Lipinski definition) is 6. The second-order valence-corrected chi connectivity index (χ2v) is 3.89. The molecule has 0 aliphatic carbocycles. The van der Waals surface area contributed by atoms with Crippen molar-refractivity contribution in [2.75, 3.05) is 19.4 Å². The Labute approximate surface area is 85.1 Å². The van der Waals surface area contributed by atoms with Gasteiger partial charge in [0, 0.05) is 0 Å². The molecule has 0 saturated heterocycles. The lowest BCUT2D eigenvalue weighted by molar-refractivity contribution is -0.136. The van der Waals surface area contributed by atoms with E-state index in [1.807, 2.05) is 0 Å². The Morgan fingerprint density at radius 3 is 1.93 bits per heavy atom. The van der Waals surface area contributed by atoms with Crippen molar-refractivity contribution in [3.05, 3.63) is 0 Å². The number of rotatable bonds is 5. The molecule has 0 rings (SSSR count). The number of carbonyl (C=O) groups is 2. The first-order chi connectivity index (χ1) is 6.69. The topological polar surface area (TPSA) is 170 Å². The first kappa shape index (κ1) is 16.4. The molecule has 0 aromatic carbocycles. The quantitative estimate of drug-likeness (QED) is 0.295. The molecular weight excluding hydrogens is 233 g/mol. The van der Waals surface area contributed by atoms with E-state index in [2.05, 4.69) is 11.1 Å². The zero-order valence-electron chi connectivity index (χ0n) is 7.66. The molecule has 0 atom stereocenters. The lowest BCUT2D eigenvalue weighted by Crippen LogP contribution is -2.23. The Balaban J connectivity index is 0. The fourth-order valence-electron chi connectivity index (χ4n) is 0.308. The molecule has 0 spiro atoms. The van der Waals surface area contributed by atoms with Crippen molar-refractivity contribution in [2.24, 2.45) is 5.73 Å². The van der Waals surface area contributed by atoms with Gasteiger partial charge in [-0.05, 0) is 0 Å². The second kappa shape index (κ2) is 8.33. The molecule has 90 valence electrons. The molecule has 0 fully saturated rings. The molecule has 0 bridgehead atoms. The van der Waals surface area contributed by atoms with Gasteiger partial charge in [0.1, 0.15) is 0 Å². The predicted octanol–water partition coefficient (Wildman–Crippen LogP) is -2.17. The zero-order valence-corrected chi connectivity index (χ0v) is 8.55. The number of carboxylic acid groups (broad SMARTS) is 2. The highest BCUT2D eigenvalue weighted by atomic mass is 31.2. The minimum atomic E-state index is -4.10. The van der Waals surface area contributed by atoms with E-state index in [1.165, 1.54) is 0 Å². The highest BCUT2D eigenvalue weighted by molar-refractivity contribution is 7.51. The summed E-state index contributed by atoms with van der Waals surface area (Å²) in [6.45, 7) is -0.717. The van der Waals surface area contributed by atoms with Gasteiger partial charge >= 0.3 is 19.5 Å². The van der Waals surface area contributed by atoms with Gasteiger partial charge in [-0.15, -0.1) is 0 Å². The molecular formula is C5H13N2O7P. The predicted molar refractivity (Wildman–Crippen MR) is 49.2 cm³/mol. The van der Waals surface area contributed by atoms with Gasteiger partial charge in [0.2, 0.25) is 0 Å². The van der Waals surface area contributed by atoms with E-state index in [0.29, 0.717) is 0 Å². The maximum absolute atomic E-state index is 10.1. The van der Waals surface area contributed by atoms with Crippen LogP contribution in [0.4, 0.5) is 0 Å². The lowest BCUT2D eigenvalue weighted by atomic mass is 10.7. The van der Waals surface area contributed by atoms with Crippen LogP contribution in [0.2, 0.25) is 0 Å². The maximum Gasteiger partial charge on any atom is 0.339 e. The molecule has 15 heavy (non-hydrogen) atoms. The Hall–Kier alpha value is -0.990. The molecule has 0 saturated carbocycles. The monoisotopic (exact) mass is 246 g/mol. The average molecular weight is 246 g/mol. The second-order valence-electron chi connectivity index (χ2n) is 2.24. The third-order valence-electron chi connectivity index (χ3n) is 0.769. The van der Waals surface area contributed by atoms with E-state index < -0.39 is 32.4 Å². The van der Waals surface area contributed by atoms with E-state index in [-0.39, 0.29) is 6.54 Å². The van der Waals surface area contributed by atoms with Crippen LogP contribution in [-0.2, 0) is 14.2 Å². The number of nitrogens with one attached hydrogen (secondary N) is 1. The van der Waals surface area contributed by atoms with Crippen LogP contribution in [0.5, 0.6) is 0 Å². The fourth-order valence-corrected chi connectivity index (χ4v) is 0.712. The SMILES string of the molecule is N[14CH2]C(=O)O.O=C(O)CNCP(=O)(O)O. The summed E-state index contributed by atoms with van der Waals surface area (Å²) in [6.07, 6.45) is -0.598. The summed E-state index contributed by atoms with van der Waals surface area (Å²) in [5.41, 5.74) is 4.57. The molecule has 0 aliphatic heterocycles. The van der Waals surface area contributed by atoms with Gasteiger partial charge in [-0.3, -0.25) is 19.5 Å². The van der Waals surface area contributed by atoms with Crippen LogP contribution in [0.25, 0.3) is 0 Å². The molecule has 0 amide bonds. The van der Waals surface area contributed by atoms with E-state index in [0.717, 1.165) is 0 Å². The van der Waals surface area contributed by atoms with Crippen molar-refractivity contribution in [3.8, 4) is 0 Å². The molecule has 0 radical (unpaired) electrons. The van der Waals surface area contributed by atoms with Crippen LogP contribution in [0.1, 0.15) is 0 Å². The average Bonchev–Trinajstić information content (AvgIpc) is 2.02. The normalized spacial score (nSPS) is 10.1. The van der Waals surface area contributed by atoms with Crippen molar-refractivity contribution in [1.82, 2.24) is 5.32 Å². The largest absolute Gasteiger partial charge is 0.480 e. The van der Waals surface area contributed by atoms with Crippen molar-refractivity contribution in [1.29, 1.82) is 0 Å². The van der Waals surface area contributed by atoms with Gasteiger partial charge in [-0.2, -0.15) is 0 Å². The van der Waals surface area contributed by atoms with Gasteiger partial charge in [0.05, 0.1) is 19.4 Å². The van der Waals surface area contributed by atoms with Gasteiger partial charge in [0.25, 0.3) is 0 Å². The maximum atomic E-state index is 10.1. The molecule has 0 aromatic rings. The zero-order chi connectivity index (χ0) is 12.5. The summed E-state index contributed by atoms with van der Waals surface area (Å²) in [4.78, 5) is 35.4. The minimum Gasteiger partial charge on any atom is -0.480 e. The van der Waals surface area contributed by atoms with Crippen molar-refractivity contribution in [2.45, 2.75) is 0 Å². The summed E-state index contributed by atoms with van der Waals surface area (Å²) in [5.74, 6) is -2.11. The highest BCUT2D eigenvalue weighted by Gasteiger charge is 2.11. The van der Waals surface area contributed by atoms with Crippen LogP contribution >= 0.6 is 7.60 Å². The third kappa shape index (κ3) is 24.6. The molecule has 0 aromatic heterocycles. The van der Waals surface area contributed by atoms with Gasteiger partial charge in [-0.25, -0.2) is 0 Å². The van der Waals surface area contributed by atoms with E-state index in [1.54, 1.807) is 0 Å². The van der Waals surface area contributed by atoms with E-state index in [4.69, 9.17) is 20.0 Å². The highest BCUT2D eigenvalue weighted by Crippen LogP contribution is 2.31. The summed E-state index contributed by atoms with van der Waals surface area (Å²) in [5, 5.41) is 17.7. The third-order valence-corrected chi connectivity index (χ3v) is 1.40. The number of aliphatic carboxylic acids is 2. The molecule has 7 N–H and O–H groups in total. The van der Waals surface area contributed by atoms with E-state index in [9.17, 15) is 14.2 Å². The minimum absolute atomic E-state index is 0.278. The molecule has 0 unspecified atom stereocenters.